The second kappa shape index (κ2) is 12.0. The molecule has 0 saturated carbocycles. The third kappa shape index (κ3) is 7.99. The molecule has 0 aromatic heterocycles. The average Bonchev–Trinajstić information content (AvgIpc) is 2.83. The van der Waals surface area contributed by atoms with Gasteiger partial charge in [-0.1, -0.05) is 78.3 Å². The van der Waals surface area contributed by atoms with E-state index in [0.717, 1.165) is 0 Å². The molecule has 0 aliphatic heterocycles. The van der Waals surface area contributed by atoms with Crippen LogP contribution in [0.4, 0.5) is 13.2 Å². The molecule has 0 aliphatic rings. The molecule has 37 heavy (non-hydrogen) atoms. The van der Waals surface area contributed by atoms with E-state index in [-0.39, 0.29) is 16.5 Å². The van der Waals surface area contributed by atoms with E-state index in [9.17, 15) is 22.2 Å². The van der Waals surface area contributed by atoms with Gasteiger partial charge in [-0.25, -0.2) is 13.7 Å². The van der Waals surface area contributed by atoms with Gasteiger partial charge >= 0.3 is 12.1 Å². The van der Waals surface area contributed by atoms with Crippen molar-refractivity contribution in [2.45, 2.75) is 43.8 Å². The van der Waals surface area contributed by atoms with Gasteiger partial charge in [0.25, 0.3) is 0 Å². The zero-order valence-corrected chi connectivity index (χ0v) is 21.9. The summed E-state index contributed by atoms with van der Waals surface area (Å²) in [5.41, 5.74) is 1.13. The van der Waals surface area contributed by atoms with E-state index in [1.54, 1.807) is 60.7 Å². The summed E-state index contributed by atoms with van der Waals surface area (Å²) < 4.78 is 62.4. The van der Waals surface area contributed by atoms with E-state index < -0.39 is 40.0 Å². The van der Waals surface area contributed by atoms with Gasteiger partial charge in [-0.15, -0.1) is 0 Å². The van der Waals surface area contributed by atoms with Gasteiger partial charge < -0.3 is 4.74 Å². The molecule has 0 spiro atoms. The Labute approximate surface area is 221 Å². The Bertz CT molecular complexity index is 1220. The summed E-state index contributed by atoms with van der Waals surface area (Å²) in [7, 11) is -2.17. The summed E-state index contributed by atoms with van der Waals surface area (Å²) in [5.74, 6) is -1.33. The van der Waals surface area contributed by atoms with Gasteiger partial charge in [0.05, 0.1) is 21.4 Å². The van der Waals surface area contributed by atoms with E-state index in [4.69, 9.17) is 16.3 Å². The van der Waals surface area contributed by atoms with Gasteiger partial charge in [-0.05, 0) is 39.0 Å². The fraction of sp³-hybridized carbons (Fsp3) is 0.259. The summed E-state index contributed by atoms with van der Waals surface area (Å²) in [5, 5.41) is 0.235. The van der Waals surface area contributed by atoms with Gasteiger partial charge in [-0.2, -0.15) is 13.2 Å². The minimum Gasteiger partial charge on any atom is -0.425 e. The van der Waals surface area contributed by atoms with Crippen molar-refractivity contribution in [1.82, 2.24) is 4.72 Å². The van der Waals surface area contributed by atoms with Crippen LogP contribution in [0.1, 0.15) is 31.9 Å². The number of nitrogens with zero attached hydrogens (tertiary/aromatic N) is 1. The number of halogens is 4. The van der Waals surface area contributed by atoms with Crippen LogP contribution in [0.25, 0.3) is 0 Å². The van der Waals surface area contributed by atoms with Crippen LogP contribution in [0.5, 0.6) is 5.75 Å². The molecule has 1 unspecified atom stereocenters. The monoisotopic (exact) mass is 550 g/mol. The molecule has 196 valence electrons. The van der Waals surface area contributed by atoms with Crippen molar-refractivity contribution >= 4 is 34.3 Å². The Kier molecular flexibility index (Phi) is 9.28. The van der Waals surface area contributed by atoms with Crippen molar-refractivity contribution in [3.63, 3.8) is 0 Å². The molecule has 5 nitrogen and oxygen atoms in total. The van der Waals surface area contributed by atoms with Crippen LogP contribution >= 0.6 is 11.6 Å². The molecular formula is C27H26ClF3N2O3S. The SMILES string of the molecule is CC(C)(C)S(=O)N[C@@H]([C@H](N=C(c1ccccc1)c1ccccc1)C(=O)Oc1cccc(Cl)c1)C(F)(F)F. The average molecular weight is 551 g/mol. The van der Waals surface area contributed by atoms with Gasteiger partial charge in [-0.3, -0.25) is 4.99 Å². The van der Waals surface area contributed by atoms with Crippen molar-refractivity contribution in [1.29, 1.82) is 0 Å². The maximum atomic E-state index is 14.4. The largest absolute Gasteiger partial charge is 0.425 e. The van der Waals surface area contributed by atoms with Crippen LogP contribution in [0.2, 0.25) is 5.02 Å². The number of esters is 1. The number of carbonyl (C=O) groups excluding carboxylic acids is 1. The summed E-state index contributed by atoms with van der Waals surface area (Å²) >= 11 is 5.96. The first-order valence-corrected chi connectivity index (χ1v) is 12.8. The molecule has 3 rings (SSSR count). The minimum atomic E-state index is -5.00. The predicted octanol–water partition coefficient (Wildman–Crippen LogP) is 6.13. The Morgan fingerprint density at radius 1 is 0.919 bits per heavy atom. The number of benzene rings is 3. The molecule has 0 fully saturated rings. The number of ether oxygens (including phenoxy) is 1. The summed E-state index contributed by atoms with van der Waals surface area (Å²) in [6.07, 6.45) is -5.00. The third-order valence-electron chi connectivity index (χ3n) is 5.08. The smallest absolute Gasteiger partial charge is 0.407 e. The van der Waals surface area contributed by atoms with Crippen LogP contribution < -0.4 is 9.46 Å². The van der Waals surface area contributed by atoms with Crippen LogP contribution in [0.15, 0.2) is 89.9 Å². The molecule has 0 saturated heterocycles. The second-order valence-electron chi connectivity index (χ2n) is 9.05. The van der Waals surface area contributed by atoms with Crippen molar-refractivity contribution in [2.75, 3.05) is 0 Å². The Balaban J connectivity index is 2.18. The molecule has 0 amide bonds. The van der Waals surface area contributed by atoms with Crippen molar-refractivity contribution < 1.29 is 26.9 Å². The third-order valence-corrected chi connectivity index (χ3v) is 6.89. The minimum absolute atomic E-state index is 0.0449. The molecule has 10 heteroatoms. The first-order valence-electron chi connectivity index (χ1n) is 11.3. The fourth-order valence-electron chi connectivity index (χ4n) is 3.22. The Morgan fingerprint density at radius 2 is 1.46 bits per heavy atom. The molecule has 1 N–H and O–H groups in total. The summed E-state index contributed by atoms with van der Waals surface area (Å²) in [6.45, 7) is 4.56. The zero-order valence-electron chi connectivity index (χ0n) is 20.3. The Morgan fingerprint density at radius 3 is 1.92 bits per heavy atom. The number of hydrogen-bond acceptors (Lipinski definition) is 4. The standard InChI is InChI=1S/C27H26ClF3N2O3S/c1-26(2,3)37(35)33-24(27(29,30)31)23(25(34)36-21-16-10-15-20(28)17-21)32-22(18-11-6-4-7-12-18)19-13-8-5-9-14-19/h4-17,23-24,33H,1-3H3/t23-,24-,37?/m0/s1. The maximum absolute atomic E-state index is 14.4. The van der Waals surface area contributed by atoms with Crippen molar-refractivity contribution in [2.24, 2.45) is 4.99 Å². The second-order valence-corrected chi connectivity index (χ2v) is 11.5. The quantitative estimate of drug-likeness (QED) is 0.208. The van der Waals surface area contributed by atoms with Crippen LogP contribution in [0.3, 0.4) is 0 Å². The summed E-state index contributed by atoms with van der Waals surface area (Å²) in [6, 6.07) is 18.0. The first kappa shape index (κ1) is 28.6. The number of nitrogens with one attached hydrogen (secondary N) is 1. The van der Waals surface area contributed by atoms with E-state index in [1.807, 2.05) is 0 Å². The van der Waals surface area contributed by atoms with Crippen molar-refractivity contribution in [3.8, 4) is 5.75 Å². The number of alkyl halides is 3. The van der Waals surface area contributed by atoms with Gasteiger partial charge in [0.15, 0.2) is 6.04 Å². The zero-order chi connectivity index (χ0) is 27.2. The van der Waals surface area contributed by atoms with Crippen LogP contribution in [0, 0.1) is 0 Å². The van der Waals surface area contributed by atoms with E-state index in [2.05, 4.69) is 9.71 Å². The fourth-order valence-corrected chi connectivity index (χ4v) is 4.25. The van der Waals surface area contributed by atoms with Gasteiger partial charge in [0.2, 0.25) is 0 Å². The number of carbonyl (C=O) groups is 1. The highest BCUT2D eigenvalue weighted by molar-refractivity contribution is 7.84. The van der Waals surface area contributed by atoms with Gasteiger partial charge in [0, 0.05) is 16.1 Å². The van der Waals surface area contributed by atoms with E-state index in [1.165, 1.54) is 45.0 Å². The molecule has 3 aromatic rings. The lowest BCUT2D eigenvalue weighted by molar-refractivity contribution is -0.165. The van der Waals surface area contributed by atoms with Crippen LogP contribution in [-0.2, 0) is 15.8 Å². The highest BCUT2D eigenvalue weighted by Gasteiger charge is 2.50. The van der Waals surface area contributed by atoms with Crippen LogP contribution in [-0.4, -0.2) is 38.9 Å². The number of aliphatic imine (C=N–C) groups is 1. The van der Waals surface area contributed by atoms with E-state index in [0.29, 0.717) is 11.1 Å². The Hall–Kier alpha value is -3.01. The lowest BCUT2D eigenvalue weighted by Gasteiger charge is -2.29. The molecule has 0 radical (unpaired) electrons. The topological polar surface area (TPSA) is 67.8 Å². The highest BCUT2D eigenvalue weighted by atomic mass is 35.5. The predicted molar refractivity (Wildman–Crippen MR) is 140 cm³/mol. The van der Waals surface area contributed by atoms with Crippen molar-refractivity contribution in [3.05, 3.63) is 101 Å². The first-order chi connectivity index (χ1) is 17.4. The number of hydrogen-bond donors (Lipinski definition) is 1. The lowest BCUT2D eigenvalue weighted by Crippen LogP contribution is -2.56. The maximum Gasteiger partial charge on any atom is 0.407 e. The number of rotatable bonds is 8. The van der Waals surface area contributed by atoms with E-state index >= 15 is 0 Å². The molecule has 3 atom stereocenters. The molecule has 3 aromatic carbocycles. The molecule has 0 aliphatic carbocycles. The van der Waals surface area contributed by atoms with Gasteiger partial charge in [0.1, 0.15) is 11.8 Å². The molecule has 0 bridgehead atoms. The summed E-state index contributed by atoms with van der Waals surface area (Å²) in [4.78, 5) is 17.7. The highest BCUT2D eigenvalue weighted by Crippen LogP contribution is 2.29. The normalized spacial score (nSPS) is 14.4. The lowest BCUT2D eigenvalue weighted by atomic mass is 10.0. The molecular weight excluding hydrogens is 525 g/mol. The molecule has 0 heterocycles.